The van der Waals surface area contributed by atoms with E-state index in [1.54, 1.807) is 12.4 Å². The van der Waals surface area contributed by atoms with E-state index >= 15 is 0 Å². The van der Waals surface area contributed by atoms with E-state index in [9.17, 15) is 9.18 Å². The van der Waals surface area contributed by atoms with Gasteiger partial charge in [-0.1, -0.05) is 24.8 Å². The molecule has 0 bridgehead atoms. The number of hydrogen-bond donors (Lipinski definition) is 2. The molecule has 1 aromatic heterocycles. The standard InChI is InChI=1S/C19H22ClFN4O2/c1-3-16(8-15(21)9-20)27-12-19(26)23-7-6-13(2)24-18-11-22-10-17(25-18)14-4-5-14/h3,8-11,14H,1-2,4-7,12H2,(H,23,26)(H,24,25)/b15-9-,16-8+. The molecule has 144 valence electrons. The summed E-state index contributed by atoms with van der Waals surface area (Å²) in [6, 6.07) is 0. The van der Waals surface area contributed by atoms with E-state index in [1.807, 2.05) is 0 Å². The Bertz CT molecular complexity index is 760. The SMILES string of the molecule is C=C/C(=C\C(F)=C\Cl)OCC(=O)NCCC(=C)Nc1cncc(C2CC2)n1. The van der Waals surface area contributed by atoms with Crippen LogP contribution >= 0.6 is 11.6 Å². The number of halogens is 2. The minimum atomic E-state index is -0.691. The lowest BCUT2D eigenvalue weighted by Crippen LogP contribution is -2.29. The Morgan fingerprint density at radius 2 is 2.22 bits per heavy atom. The van der Waals surface area contributed by atoms with Gasteiger partial charge in [0.25, 0.3) is 5.91 Å². The lowest BCUT2D eigenvalue weighted by Gasteiger charge is -2.11. The number of rotatable bonds is 11. The zero-order valence-corrected chi connectivity index (χ0v) is 15.6. The summed E-state index contributed by atoms with van der Waals surface area (Å²) >= 11 is 5.23. The molecule has 1 fully saturated rings. The van der Waals surface area contributed by atoms with Crippen LogP contribution in [0.4, 0.5) is 10.2 Å². The van der Waals surface area contributed by atoms with Crippen LogP contribution in [-0.2, 0) is 9.53 Å². The van der Waals surface area contributed by atoms with Crippen LogP contribution in [0, 0.1) is 0 Å². The molecule has 2 N–H and O–H groups in total. The zero-order valence-electron chi connectivity index (χ0n) is 14.9. The van der Waals surface area contributed by atoms with Gasteiger partial charge in [-0.05, 0) is 18.9 Å². The van der Waals surface area contributed by atoms with Gasteiger partial charge in [0.1, 0.15) is 17.4 Å². The Labute approximate surface area is 162 Å². The van der Waals surface area contributed by atoms with Crippen molar-refractivity contribution in [3.63, 3.8) is 0 Å². The summed E-state index contributed by atoms with van der Waals surface area (Å²) in [5.41, 5.74) is 2.46. The van der Waals surface area contributed by atoms with Crippen molar-refractivity contribution in [2.75, 3.05) is 18.5 Å². The van der Waals surface area contributed by atoms with Crippen molar-refractivity contribution in [3.8, 4) is 0 Å². The van der Waals surface area contributed by atoms with Crippen LogP contribution in [0.3, 0.4) is 0 Å². The lowest BCUT2D eigenvalue weighted by atomic mass is 10.3. The second-order valence-electron chi connectivity index (χ2n) is 5.97. The van der Waals surface area contributed by atoms with Gasteiger partial charge >= 0.3 is 0 Å². The van der Waals surface area contributed by atoms with Gasteiger partial charge in [0.15, 0.2) is 6.61 Å². The third-order valence-corrected chi connectivity index (χ3v) is 3.87. The Hall–Kier alpha value is -2.67. The van der Waals surface area contributed by atoms with Gasteiger partial charge in [-0.2, -0.15) is 0 Å². The van der Waals surface area contributed by atoms with E-state index in [2.05, 4.69) is 33.8 Å². The number of carbonyl (C=O) groups excluding carboxylic acids is 1. The largest absolute Gasteiger partial charge is 0.484 e. The predicted octanol–water partition coefficient (Wildman–Crippen LogP) is 3.92. The minimum Gasteiger partial charge on any atom is -0.484 e. The van der Waals surface area contributed by atoms with Crippen molar-refractivity contribution in [1.29, 1.82) is 0 Å². The number of ether oxygens (including phenoxy) is 1. The summed E-state index contributed by atoms with van der Waals surface area (Å²) < 4.78 is 18.2. The minimum absolute atomic E-state index is 0.111. The highest BCUT2D eigenvalue weighted by Gasteiger charge is 2.25. The molecule has 27 heavy (non-hydrogen) atoms. The highest BCUT2D eigenvalue weighted by atomic mass is 35.5. The molecule has 1 aliphatic rings. The summed E-state index contributed by atoms with van der Waals surface area (Å²) in [4.78, 5) is 20.5. The van der Waals surface area contributed by atoms with Crippen LogP contribution in [0.25, 0.3) is 0 Å². The van der Waals surface area contributed by atoms with Crippen molar-refractivity contribution >= 4 is 23.3 Å². The molecule has 1 heterocycles. The van der Waals surface area contributed by atoms with Crippen molar-refractivity contribution in [3.05, 3.63) is 66.2 Å². The Morgan fingerprint density at radius 3 is 2.89 bits per heavy atom. The van der Waals surface area contributed by atoms with Crippen molar-refractivity contribution in [2.24, 2.45) is 0 Å². The molecule has 1 saturated carbocycles. The van der Waals surface area contributed by atoms with Gasteiger partial charge in [0.05, 0.1) is 11.9 Å². The molecular formula is C19H22ClFN4O2. The fourth-order valence-corrected chi connectivity index (χ4v) is 2.20. The van der Waals surface area contributed by atoms with Crippen LogP contribution in [0.15, 0.2) is 60.5 Å². The van der Waals surface area contributed by atoms with E-state index in [0.717, 1.165) is 30.1 Å². The first kappa shape index (κ1) is 20.6. The molecule has 0 unspecified atom stereocenters. The van der Waals surface area contributed by atoms with E-state index in [4.69, 9.17) is 16.3 Å². The van der Waals surface area contributed by atoms with Crippen LogP contribution < -0.4 is 10.6 Å². The first-order valence-electron chi connectivity index (χ1n) is 8.48. The number of hydrogen-bond acceptors (Lipinski definition) is 5. The molecule has 0 saturated heterocycles. The maximum absolute atomic E-state index is 13.0. The van der Waals surface area contributed by atoms with E-state index in [0.29, 0.717) is 30.4 Å². The third-order valence-electron chi connectivity index (χ3n) is 3.66. The first-order chi connectivity index (χ1) is 13.0. The normalized spacial score (nSPS) is 14.4. The molecule has 0 aliphatic heterocycles. The van der Waals surface area contributed by atoms with Gasteiger partial charge in [0.2, 0.25) is 0 Å². The van der Waals surface area contributed by atoms with Crippen molar-refractivity contribution < 1.29 is 13.9 Å². The highest BCUT2D eigenvalue weighted by molar-refractivity contribution is 6.25. The molecule has 8 heteroatoms. The quantitative estimate of drug-likeness (QED) is 0.441. The Balaban J connectivity index is 1.68. The fraction of sp³-hybridized carbons (Fsp3) is 0.316. The molecule has 0 atom stereocenters. The second kappa shape index (κ2) is 10.5. The molecule has 2 rings (SSSR count). The third kappa shape index (κ3) is 7.62. The van der Waals surface area contributed by atoms with Gasteiger partial charge in [0, 0.05) is 42.4 Å². The second-order valence-corrected chi connectivity index (χ2v) is 6.18. The summed E-state index contributed by atoms with van der Waals surface area (Å²) in [6.07, 6.45) is 8.57. The monoisotopic (exact) mass is 392 g/mol. The smallest absolute Gasteiger partial charge is 0.257 e. The average molecular weight is 393 g/mol. The Morgan fingerprint density at radius 1 is 1.44 bits per heavy atom. The summed E-state index contributed by atoms with van der Waals surface area (Å²) in [5, 5.41) is 5.78. The summed E-state index contributed by atoms with van der Waals surface area (Å²) in [6.45, 7) is 7.51. The Kier molecular flexibility index (Phi) is 8.00. The number of nitrogens with zero attached hydrogens (tertiary/aromatic N) is 2. The lowest BCUT2D eigenvalue weighted by molar-refractivity contribution is -0.124. The number of amides is 1. The number of aromatic nitrogens is 2. The summed E-state index contributed by atoms with van der Waals surface area (Å²) in [5.74, 6) is 0.244. The van der Waals surface area contributed by atoms with Crippen LogP contribution in [0.5, 0.6) is 0 Å². The maximum Gasteiger partial charge on any atom is 0.257 e. The first-order valence-corrected chi connectivity index (χ1v) is 8.91. The zero-order chi connectivity index (χ0) is 19.6. The predicted molar refractivity (Wildman–Crippen MR) is 104 cm³/mol. The number of nitrogens with one attached hydrogen (secondary N) is 2. The van der Waals surface area contributed by atoms with Gasteiger partial charge in [-0.25, -0.2) is 9.37 Å². The molecule has 6 nitrogen and oxygen atoms in total. The number of carbonyl (C=O) groups is 1. The van der Waals surface area contributed by atoms with E-state index in [-0.39, 0.29) is 18.3 Å². The average Bonchev–Trinajstić information content (AvgIpc) is 3.50. The number of allylic oxidation sites excluding steroid dienone is 3. The van der Waals surface area contributed by atoms with E-state index < -0.39 is 5.83 Å². The van der Waals surface area contributed by atoms with Crippen molar-refractivity contribution in [2.45, 2.75) is 25.2 Å². The maximum atomic E-state index is 13.0. The van der Waals surface area contributed by atoms with Crippen LogP contribution in [0.2, 0.25) is 0 Å². The molecule has 0 radical (unpaired) electrons. The topological polar surface area (TPSA) is 76.1 Å². The summed E-state index contributed by atoms with van der Waals surface area (Å²) in [7, 11) is 0. The molecule has 1 amide bonds. The van der Waals surface area contributed by atoms with Crippen LogP contribution in [-0.4, -0.2) is 29.0 Å². The molecule has 0 spiro atoms. The highest BCUT2D eigenvalue weighted by Crippen LogP contribution is 2.38. The molecular weight excluding hydrogens is 371 g/mol. The van der Waals surface area contributed by atoms with Gasteiger partial charge in [-0.15, -0.1) is 0 Å². The van der Waals surface area contributed by atoms with E-state index in [1.165, 1.54) is 6.08 Å². The fourth-order valence-electron chi connectivity index (χ4n) is 2.14. The van der Waals surface area contributed by atoms with Gasteiger partial charge < -0.3 is 15.4 Å². The molecule has 0 aromatic carbocycles. The molecule has 1 aromatic rings. The van der Waals surface area contributed by atoms with Gasteiger partial charge in [-0.3, -0.25) is 9.78 Å². The molecule has 1 aliphatic carbocycles. The number of anilines is 1. The van der Waals surface area contributed by atoms with Crippen molar-refractivity contribution in [1.82, 2.24) is 15.3 Å². The van der Waals surface area contributed by atoms with Crippen LogP contribution in [0.1, 0.15) is 30.9 Å².